The molecule has 4 heteroatoms. The number of fused-ring (bicyclic) bond motifs is 1. The highest BCUT2D eigenvalue weighted by molar-refractivity contribution is 5.96. The van der Waals surface area contributed by atoms with Crippen LogP contribution in [-0.4, -0.2) is 21.7 Å². The molecule has 1 aliphatic carbocycles. The molecule has 2 aromatic carbocycles. The first-order valence-corrected chi connectivity index (χ1v) is 10.0. The van der Waals surface area contributed by atoms with Gasteiger partial charge in [0, 0.05) is 28.6 Å². The number of hydrogen-bond acceptors (Lipinski definition) is 2. The Morgan fingerprint density at radius 3 is 2.44 bits per heavy atom. The van der Waals surface area contributed by atoms with E-state index in [9.17, 15) is 4.79 Å². The summed E-state index contributed by atoms with van der Waals surface area (Å²) >= 11 is 0. The van der Waals surface area contributed by atoms with Crippen LogP contribution < -0.4 is 5.32 Å². The van der Waals surface area contributed by atoms with Gasteiger partial charge in [-0.1, -0.05) is 49.6 Å². The zero-order valence-corrected chi connectivity index (χ0v) is 16.1. The Balaban J connectivity index is 1.59. The second-order valence-electron chi connectivity index (χ2n) is 7.79. The van der Waals surface area contributed by atoms with Gasteiger partial charge in [-0.05, 0) is 44.9 Å². The number of rotatable bonds is 4. The maximum absolute atomic E-state index is 12.5. The third-order valence-electron chi connectivity index (χ3n) is 5.46. The summed E-state index contributed by atoms with van der Waals surface area (Å²) in [6, 6.07) is 16.8. The molecule has 3 aromatic rings. The van der Waals surface area contributed by atoms with Crippen molar-refractivity contribution in [3.63, 3.8) is 0 Å². The third kappa shape index (κ3) is 3.61. The average Bonchev–Trinajstić information content (AvgIpc) is 3.09. The Labute approximate surface area is 160 Å². The lowest BCUT2D eigenvalue weighted by Crippen LogP contribution is -2.36. The van der Waals surface area contributed by atoms with Crippen LogP contribution in [0.1, 0.15) is 62.4 Å². The summed E-state index contributed by atoms with van der Waals surface area (Å²) in [5.41, 5.74) is 3.87. The van der Waals surface area contributed by atoms with Crippen LogP contribution in [0.5, 0.6) is 0 Å². The summed E-state index contributed by atoms with van der Waals surface area (Å²) in [6.07, 6.45) is 5.92. The minimum absolute atomic E-state index is 0.0333. The van der Waals surface area contributed by atoms with Crippen LogP contribution in [0.25, 0.3) is 22.2 Å². The molecule has 0 unspecified atom stereocenters. The molecule has 4 nitrogen and oxygen atoms in total. The Hall–Kier alpha value is -2.62. The maximum Gasteiger partial charge on any atom is 0.251 e. The fourth-order valence-corrected chi connectivity index (χ4v) is 3.99. The van der Waals surface area contributed by atoms with Crippen LogP contribution in [0.2, 0.25) is 0 Å². The predicted molar refractivity (Wildman–Crippen MR) is 110 cm³/mol. The van der Waals surface area contributed by atoms with Gasteiger partial charge in [-0.2, -0.15) is 5.10 Å². The molecular weight excluding hydrogens is 334 g/mol. The van der Waals surface area contributed by atoms with Crippen molar-refractivity contribution in [2.24, 2.45) is 0 Å². The fraction of sp³-hybridized carbons (Fsp3) is 0.391. The molecule has 0 aliphatic heterocycles. The lowest BCUT2D eigenvalue weighted by Gasteiger charge is -2.22. The molecule has 1 amide bonds. The van der Waals surface area contributed by atoms with Crippen molar-refractivity contribution in [2.45, 2.75) is 58.0 Å². The first-order chi connectivity index (χ1) is 13.1. The number of carbonyl (C=O) groups is 1. The number of nitrogens with one attached hydrogen (secondary N) is 1. The number of aromatic nitrogens is 2. The van der Waals surface area contributed by atoms with Gasteiger partial charge in [-0.15, -0.1) is 0 Å². The van der Waals surface area contributed by atoms with Crippen molar-refractivity contribution in [3.8, 4) is 11.3 Å². The molecule has 1 aliphatic rings. The van der Waals surface area contributed by atoms with Gasteiger partial charge in [0.25, 0.3) is 5.91 Å². The predicted octanol–water partition coefficient (Wildman–Crippen LogP) is 5.35. The smallest absolute Gasteiger partial charge is 0.251 e. The first kappa shape index (κ1) is 17.8. The third-order valence-corrected chi connectivity index (χ3v) is 5.46. The van der Waals surface area contributed by atoms with Crippen molar-refractivity contribution in [1.29, 1.82) is 0 Å². The van der Waals surface area contributed by atoms with Gasteiger partial charge < -0.3 is 5.32 Å². The lowest BCUT2D eigenvalue weighted by molar-refractivity contribution is 0.0927. The molecule has 0 spiro atoms. The SMILES string of the molecule is CC(C)n1nc(-c2ccc(C(=O)NC3CCCCC3)cc2)c2ccccc21. The van der Waals surface area contributed by atoms with Crippen LogP contribution >= 0.6 is 0 Å². The van der Waals surface area contributed by atoms with Crippen LogP contribution in [0.15, 0.2) is 48.5 Å². The Morgan fingerprint density at radius 2 is 1.74 bits per heavy atom. The second-order valence-corrected chi connectivity index (χ2v) is 7.79. The van der Waals surface area contributed by atoms with Crippen LogP contribution in [0.3, 0.4) is 0 Å². The summed E-state index contributed by atoms with van der Waals surface area (Å²) in [4.78, 5) is 12.5. The molecule has 0 saturated heterocycles. The van der Waals surface area contributed by atoms with E-state index in [1.165, 1.54) is 19.3 Å². The summed E-state index contributed by atoms with van der Waals surface area (Å²) in [5.74, 6) is 0.0333. The van der Waals surface area contributed by atoms with Crippen LogP contribution in [0, 0.1) is 0 Å². The van der Waals surface area contributed by atoms with Gasteiger partial charge in [0.05, 0.1) is 5.52 Å². The quantitative estimate of drug-likeness (QED) is 0.681. The summed E-state index contributed by atoms with van der Waals surface area (Å²) in [5, 5.41) is 9.17. The van der Waals surface area contributed by atoms with E-state index in [4.69, 9.17) is 5.10 Å². The maximum atomic E-state index is 12.5. The minimum Gasteiger partial charge on any atom is -0.349 e. The molecule has 140 valence electrons. The largest absolute Gasteiger partial charge is 0.349 e. The molecule has 4 rings (SSSR count). The van der Waals surface area contributed by atoms with E-state index in [-0.39, 0.29) is 5.91 Å². The number of amides is 1. The van der Waals surface area contributed by atoms with E-state index in [0.717, 1.165) is 40.6 Å². The Bertz CT molecular complexity index is 934. The van der Waals surface area contributed by atoms with Gasteiger partial charge in [0.2, 0.25) is 0 Å². The molecule has 1 aromatic heterocycles. The molecule has 1 saturated carbocycles. The van der Waals surface area contributed by atoms with E-state index < -0.39 is 0 Å². The molecule has 0 radical (unpaired) electrons. The monoisotopic (exact) mass is 361 g/mol. The first-order valence-electron chi connectivity index (χ1n) is 10.0. The highest BCUT2D eigenvalue weighted by atomic mass is 16.1. The zero-order valence-electron chi connectivity index (χ0n) is 16.1. The molecule has 27 heavy (non-hydrogen) atoms. The van der Waals surface area contributed by atoms with Crippen molar-refractivity contribution in [2.75, 3.05) is 0 Å². The zero-order chi connectivity index (χ0) is 18.8. The number of hydrogen-bond donors (Lipinski definition) is 1. The standard InChI is InChI=1S/C23H27N3O/c1-16(2)26-21-11-7-6-10-20(21)22(25-26)17-12-14-18(15-13-17)23(27)24-19-8-4-3-5-9-19/h6-7,10-16,19H,3-5,8-9H2,1-2H3,(H,24,27). The van der Waals surface area contributed by atoms with Gasteiger partial charge in [0.15, 0.2) is 0 Å². The van der Waals surface area contributed by atoms with Crippen LogP contribution in [-0.2, 0) is 0 Å². The lowest BCUT2D eigenvalue weighted by atomic mass is 9.95. The van der Waals surface area contributed by atoms with Crippen molar-refractivity contribution in [1.82, 2.24) is 15.1 Å². The molecule has 1 heterocycles. The van der Waals surface area contributed by atoms with E-state index in [0.29, 0.717) is 12.1 Å². The van der Waals surface area contributed by atoms with E-state index in [1.807, 2.05) is 36.4 Å². The number of benzene rings is 2. The minimum atomic E-state index is 0.0333. The Morgan fingerprint density at radius 1 is 1.04 bits per heavy atom. The number of nitrogens with zero attached hydrogens (tertiary/aromatic N) is 2. The van der Waals surface area contributed by atoms with Crippen molar-refractivity contribution >= 4 is 16.8 Å². The van der Waals surface area contributed by atoms with Crippen molar-refractivity contribution in [3.05, 3.63) is 54.1 Å². The van der Waals surface area contributed by atoms with Gasteiger partial charge >= 0.3 is 0 Å². The molecular formula is C23H27N3O. The highest BCUT2D eigenvalue weighted by Crippen LogP contribution is 2.30. The Kier molecular flexibility index (Phi) is 4.97. The topological polar surface area (TPSA) is 46.9 Å². The normalized spacial score (nSPS) is 15.4. The molecule has 1 N–H and O–H groups in total. The highest BCUT2D eigenvalue weighted by Gasteiger charge is 2.17. The van der Waals surface area contributed by atoms with Crippen LogP contribution in [0.4, 0.5) is 0 Å². The van der Waals surface area contributed by atoms with Crippen molar-refractivity contribution < 1.29 is 4.79 Å². The average molecular weight is 361 g/mol. The summed E-state index contributed by atoms with van der Waals surface area (Å²) in [7, 11) is 0. The molecule has 0 atom stereocenters. The summed E-state index contributed by atoms with van der Waals surface area (Å²) < 4.78 is 2.06. The fourth-order valence-electron chi connectivity index (χ4n) is 3.99. The molecule has 0 bridgehead atoms. The molecule has 1 fully saturated rings. The van der Waals surface area contributed by atoms with Gasteiger partial charge in [-0.3, -0.25) is 9.48 Å². The van der Waals surface area contributed by atoms with Gasteiger partial charge in [0.1, 0.15) is 5.69 Å². The number of para-hydroxylation sites is 1. The van der Waals surface area contributed by atoms with E-state index >= 15 is 0 Å². The van der Waals surface area contributed by atoms with E-state index in [1.54, 1.807) is 0 Å². The van der Waals surface area contributed by atoms with E-state index in [2.05, 4.69) is 36.0 Å². The second kappa shape index (κ2) is 7.55. The summed E-state index contributed by atoms with van der Waals surface area (Å²) in [6.45, 7) is 4.28. The van der Waals surface area contributed by atoms with Gasteiger partial charge in [-0.25, -0.2) is 0 Å². The number of carbonyl (C=O) groups excluding carboxylic acids is 1.